The Bertz CT molecular complexity index is 1270. The van der Waals surface area contributed by atoms with Gasteiger partial charge in [0.2, 0.25) is 5.91 Å². The van der Waals surface area contributed by atoms with Crippen molar-refractivity contribution in [3.8, 4) is 5.69 Å². The van der Waals surface area contributed by atoms with Crippen molar-refractivity contribution in [2.75, 3.05) is 12.3 Å². The summed E-state index contributed by atoms with van der Waals surface area (Å²) < 4.78 is 1.55. The largest absolute Gasteiger partial charge is 0.355 e. The number of benzene rings is 2. The van der Waals surface area contributed by atoms with Gasteiger partial charge in [0.25, 0.3) is 5.56 Å². The lowest BCUT2D eigenvalue weighted by Gasteiger charge is -2.12. The first-order chi connectivity index (χ1) is 15.0. The van der Waals surface area contributed by atoms with Crippen molar-refractivity contribution in [1.29, 1.82) is 0 Å². The van der Waals surface area contributed by atoms with Crippen LogP contribution in [-0.4, -0.2) is 32.7 Å². The summed E-state index contributed by atoms with van der Waals surface area (Å²) in [5.41, 5.74) is 3.54. The van der Waals surface area contributed by atoms with E-state index in [1.807, 2.05) is 67.6 Å². The topological polar surface area (TPSA) is 79.8 Å². The Morgan fingerprint density at radius 3 is 2.65 bits per heavy atom. The fourth-order valence-corrected chi connectivity index (χ4v) is 4.23. The van der Waals surface area contributed by atoms with Crippen molar-refractivity contribution < 1.29 is 4.79 Å². The smallest absolute Gasteiger partial charge is 0.283 e. The normalized spacial score (nSPS) is 11.0. The van der Waals surface area contributed by atoms with E-state index in [1.54, 1.807) is 4.57 Å². The van der Waals surface area contributed by atoms with Crippen molar-refractivity contribution in [2.45, 2.75) is 18.5 Å². The molecule has 158 valence electrons. The second-order valence-corrected chi connectivity index (χ2v) is 8.48. The number of aryl methyl sites for hydroxylation is 1. The van der Waals surface area contributed by atoms with Gasteiger partial charge in [-0.3, -0.25) is 14.2 Å². The van der Waals surface area contributed by atoms with Crippen LogP contribution in [0.15, 0.2) is 70.6 Å². The van der Waals surface area contributed by atoms with Gasteiger partial charge in [-0.15, -0.1) is 0 Å². The first-order valence-corrected chi connectivity index (χ1v) is 11.2. The molecule has 0 spiro atoms. The molecule has 2 heterocycles. The molecular weight excluding hydrogens is 432 g/mol. The number of aromatic amines is 1. The van der Waals surface area contributed by atoms with E-state index in [2.05, 4.69) is 15.3 Å². The molecule has 2 aromatic carbocycles. The zero-order valence-corrected chi connectivity index (χ0v) is 18.5. The number of amides is 1. The van der Waals surface area contributed by atoms with Gasteiger partial charge in [0, 0.05) is 17.3 Å². The van der Waals surface area contributed by atoms with E-state index in [0.29, 0.717) is 33.4 Å². The lowest BCUT2D eigenvalue weighted by molar-refractivity contribution is -0.118. The maximum atomic E-state index is 13.1. The maximum absolute atomic E-state index is 13.1. The molecule has 4 aromatic rings. The molecule has 2 N–H and O–H groups in total. The number of rotatable bonds is 7. The van der Waals surface area contributed by atoms with Gasteiger partial charge in [-0.1, -0.05) is 53.7 Å². The zero-order valence-electron chi connectivity index (χ0n) is 16.9. The number of thioether (sulfide) groups is 1. The molecule has 0 aliphatic rings. The number of halogens is 1. The monoisotopic (exact) mass is 452 g/mol. The lowest BCUT2D eigenvalue weighted by atomic mass is 10.1. The predicted octanol–water partition coefficient (Wildman–Crippen LogP) is 4.13. The number of H-pyrrole nitrogens is 1. The first kappa shape index (κ1) is 21.2. The van der Waals surface area contributed by atoms with Crippen LogP contribution in [0.3, 0.4) is 0 Å². The third-order valence-electron chi connectivity index (χ3n) is 4.75. The number of carbonyl (C=O) groups is 1. The summed E-state index contributed by atoms with van der Waals surface area (Å²) in [5.74, 6) is 0.0487. The lowest BCUT2D eigenvalue weighted by Crippen LogP contribution is -2.28. The molecule has 1 amide bonds. The first-order valence-electron chi connectivity index (χ1n) is 9.83. The molecule has 0 unspecified atom stereocenters. The van der Waals surface area contributed by atoms with Crippen LogP contribution < -0.4 is 10.9 Å². The summed E-state index contributed by atoms with van der Waals surface area (Å²) in [5, 5.41) is 4.09. The molecule has 4 rings (SSSR count). The number of hydrogen-bond donors (Lipinski definition) is 2. The number of aromatic nitrogens is 3. The Labute approximate surface area is 188 Å². The van der Waals surface area contributed by atoms with Crippen LogP contribution in [0.2, 0.25) is 5.02 Å². The van der Waals surface area contributed by atoms with Crippen LogP contribution in [0.1, 0.15) is 11.3 Å². The highest BCUT2D eigenvalue weighted by Crippen LogP contribution is 2.21. The molecule has 0 saturated carbocycles. The van der Waals surface area contributed by atoms with Crippen LogP contribution in [0.4, 0.5) is 0 Å². The van der Waals surface area contributed by atoms with Crippen LogP contribution in [0.25, 0.3) is 16.7 Å². The van der Waals surface area contributed by atoms with Crippen molar-refractivity contribution in [3.63, 3.8) is 0 Å². The van der Waals surface area contributed by atoms with Crippen LogP contribution in [0, 0.1) is 6.92 Å². The van der Waals surface area contributed by atoms with Gasteiger partial charge in [0.05, 0.1) is 17.0 Å². The van der Waals surface area contributed by atoms with Crippen LogP contribution in [-0.2, 0) is 11.2 Å². The molecule has 0 radical (unpaired) electrons. The quantitative estimate of drug-likeness (QED) is 0.326. The number of carbonyl (C=O) groups excluding carboxylic acids is 1. The number of nitrogens with zero attached hydrogens (tertiary/aromatic N) is 2. The van der Waals surface area contributed by atoms with Gasteiger partial charge in [0.15, 0.2) is 5.16 Å². The van der Waals surface area contributed by atoms with Gasteiger partial charge in [-0.05, 0) is 49.2 Å². The molecule has 2 aromatic heterocycles. The Morgan fingerprint density at radius 1 is 1.16 bits per heavy atom. The summed E-state index contributed by atoms with van der Waals surface area (Å²) in [6, 6.07) is 18.7. The van der Waals surface area contributed by atoms with E-state index in [0.717, 1.165) is 17.7 Å². The standard InChI is InChI=1S/C23H21ClN4O2S/c1-15-13-19-21(26-15)22(30)28(18-5-3-2-4-6-18)23(27-19)31-14-20(29)25-12-11-16-7-9-17(24)10-8-16/h2-10,13,26H,11-12,14H2,1H3,(H,25,29). The molecule has 0 saturated heterocycles. The Balaban J connectivity index is 1.49. The predicted molar refractivity (Wildman–Crippen MR) is 125 cm³/mol. The molecule has 8 heteroatoms. The molecule has 31 heavy (non-hydrogen) atoms. The van der Waals surface area contributed by atoms with Crippen LogP contribution >= 0.6 is 23.4 Å². The number of para-hydroxylation sites is 1. The maximum Gasteiger partial charge on any atom is 0.283 e. The summed E-state index contributed by atoms with van der Waals surface area (Å²) in [7, 11) is 0. The molecular formula is C23H21ClN4O2S. The average Bonchev–Trinajstić information content (AvgIpc) is 3.15. The number of fused-ring (bicyclic) bond motifs is 1. The van der Waals surface area contributed by atoms with E-state index in [4.69, 9.17) is 11.6 Å². The molecule has 0 atom stereocenters. The van der Waals surface area contributed by atoms with Crippen molar-refractivity contribution in [3.05, 3.63) is 87.3 Å². The number of hydrogen-bond acceptors (Lipinski definition) is 4. The Hall–Kier alpha value is -3.03. The van der Waals surface area contributed by atoms with Gasteiger partial charge in [-0.2, -0.15) is 0 Å². The van der Waals surface area contributed by atoms with Crippen LogP contribution in [0.5, 0.6) is 0 Å². The summed E-state index contributed by atoms with van der Waals surface area (Å²) >= 11 is 7.14. The van der Waals surface area contributed by atoms with Crippen molar-refractivity contribution >= 4 is 40.3 Å². The summed E-state index contributed by atoms with van der Waals surface area (Å²) in [4.78, 5) is 33.2. The van der Waals surface area contributed by atoms with Gasteiger partial charge in [0.1, 0.15) is 5.52 Å². The molecule has 0 aliphatic heterocycles. The second kappa shape index (κ2) is 9.41. The molecule has 0 aliphatic carbocycles. The highest BCUT2D eigenvalue weighted by molar-refractivity contribution is 7.99. The summed E-state index contributed by atoms with van der Waals surface area (Å²) in [6.07, 6.45) is 0.717. The van der Waals surface area contributed by atoms with E-state index < -0.39 is 0 Å². The van der Waals surface area contributed by atoms with Crippen molar-refractivity contribution in [2.24, 2.45) is 0 Å². The van der Waals surface area contributed by atoms with Crippen molar-refractivity contribution in [1.82, 2.24) is 19.9 Å². The molecule has 0 bridgehead atoms. The van der Waals surface area contributed by atoms with Gasteiger partial charge >= 0.3 is 0 Å². The fraction of sp³-hybridized carbons (Fsp3) is 0.174. The van der Waals surface area contributed by atoms with E-state index >= 15 is 0 Å². The third-order valence-corrected chi connectivity index (χ3v) is 5.94. The Kier molecular flexibility index (Phi) is 6.44. The van der Waals surface area contributed by atoms with Gasteiger partial charge in [-0.25, -0.2) is 4.98 Å². The number of nitrogens with one attached hydrogen (secondary N) is 2. The minimum absolute atomic E-state index is 0.113. The highest BCUT2D eigenvalue weighted by Gasteiger charge is 2.16. The molecule has 6 nitrogen and oxygen atoms in total. The average molecular weight is 453 g/mol. The summed E-state index contributed by atoms with van der Waals surface area (Å²) in [6.45, 7) is 2.41. The van der Waals surface area contributed by atoms with Gasteiger partial charge < -0.3 is 10.3 Å². The Morgan fingerprint density at radius 2 is 1.90 bits per heavy atom. The minimum Gasteiger partial charge on any atom is -0.355 e. The highest BCUT2D eigenvalue weighted by atomic mass is 35.5. The third kappa shape index (κ3) is 5.00. The zero-order chi connectivity index (χ0) is 21.8. The van der Waals surface area contributed by atoms with E-state index in [1.165, 1.54) is 11.8 Å². The van der Waals surface area contributed by atoms with E-state index in [-0.39, 0.29) is 17.2 Å². The second-order valence-electron chi connectivity index (χ2n) is 7.10. The fourth-order valence-electron chi connectivity index (χ4n) is 3.26. The molecule has 0 fully saturated rings. The SMILES string of the molecule is Cc1cc2nc(SCC(=O)NCCc3ccc(Cl)cc3)n(-c3ccccc3)c(=O)c2[nH]1. The van der Waals surface area contributed by atoms with E-state index in [9.17, 15) is 9.59 Å². The minimum atomic E-state index is -0.185.